The van der Waals surface area contributed by atoms with Crippen LogP contribution in [-0.4, -0.2) is 28.6 Å². The fraction of sp³-hybridized carbons (Fsp3) is 0.562. The molecule has 1 aliphatic rings. The zero-order valence-corrected chi connectivity index (χ0v) is 17.1. The summed E-state index contributed by atoms with van der Waals surface area (Å²) in [7, 11) is 0. The molecule has 1 aliphatic carbocycles. The summed E-state index contributed by atoms with van der Waals surface area (Å²) in [5, 5.41) is 7.25. The lowest BCUT2D eigenvalue weighted by Crippen LogP contribution is -2.47. The van der Waals surface area contributed by atoms with E-state index < -0.39 is 16.5 Å². The lowest BCUT2D eigenvalue weighted by atomic mass is 10.0. The summed E-state index contributed by atoms with van der Waals surface area (Å²) in [6.45, 7) is 0. The number of alkyl halides is 3. The van der Waals surface area contributed by atoms with Gasteiger partial charge in [0.05, 0.1) is 16.1 Å². The first kappa shape index (κ1) is 21.0. The van der Waals surface area contributed by atoms with Crippen LogP contribution in [0.2, 0.25) is 10.0 Å². The van der Waals surface area contributed by atoms with Crippen molar-refractivity contribution in [1.29, 1.82) is 0 Å². The standard InChI is InChI=1S/C16H19Cl5N2O2/c17-10-7-6-9(8-11(10)18)22-12-4-2-1-3-5-13(12)23-16(24)25-15(21)14(19)20/h6-8,12-15,22H,1-5H2,(H,23,24). The number of hydrogen-bond acceptors (Lipinski definition) is 3. The van der Waals surface area contributed by atoms with Crippen molar-refractivity contribution in [2.45, 2.75) is 54.6 Å². The Balaban J connectivity index is 2.02. The molecule has 2 N–H and O–H groups in total. The summed E-state index contributed by atoms with van der Waals surface area (Å²) in [4.78, 5) is 11.0. The van der Waals surface area contributed by atoms with Gasteiger partial charge < -0.3 is 15.4 Å². The van der Waals surface area contributed by atoms with Crippen molar-refractivity contribution >= 4 is 69.8 Å². The second-order valence-electron chi connectivity index (χ2n) is 5.86. The number of carbonyl (C=O) groups is 1. The highest BCUT2D eigenvalue weighted by atomic mass is 35.5. The SMILES string of the molecule is O=C(NC1CCCCCC1Nc1ccc(Cl)c(Cl)c1)OC(Cl)C(Cl)Cl. The molecule has 1 aromatic rings. The average Bonchev–Trinajstić information content (AvgIpc) is 2.76. The molecule has 140 valence electrons. The van der Waals surface area contributed by atoms with Crippen molar-refractivity contribution in [3.05, 3.63) is 28.2 Å². The van der Waals surface area contributed by atoms with Crippen molar-refractivity contribution < 1.29 is 9.53 Å². The Hall–Kier alpha value is -0.260. The third-order valence-corrected chi connectivity index (χ3v) is 5.80. The van der Waals surface area contributed by atoms with Crippen LogP contribution < -0.4 is 10.6 Å². The van der Waals surface area contributed by atoms with E-state index in [9.17, 15) is 4.79 Å². The number of rotatable bonds is 5. The number of halogens is 5. The third-order valence-electron chi connectivity index (χ3n) is 4.01. The van der Waals surface area contributed by atoms with Gasteiger partial charge in [-0.15, -0.1) is 0 Å². The number of amides is 1. The summed E-state index contributed by atoms with van der Waals surface area (Å²) < 4.78 is 4.97. The van der Waals surface area contributed by atoms with Gasteiger partial charge in [-0.2, -0.15) is 0 Å². The predicted octanol–water partition coefficient (Wildman–Crippen LogP) is 6.20. The van der Waals surface area contributed by atoms with Gasteiger partial charge in [-0.05, 0) is 31.0 Å². The first-order valence-corrected chi connectivity index (χ1v) is 10.0. The van der Waals surface area contributed by atoms with Crippen molar-refractivity contribution in [2.75, 3.05) is 5.32 Å². The van der Waals surface area contributed by atoms with E-state index in [0.717, 1.165) is 37.8 Å². The van der Waals surface area contributed by atoms with E-state index in [0.29, 0.717) is 10.0 Å². The van der Waals surface area contributed by atoms with E-state index in [4.69, 9.17) is 62.7 Å². The van der Waals surface area contributed by atoms with Gasteiger partial charge in [-0.1, -0.05) is 77.3 Å². The van der Waals surface area contributed by atoms with Crippen LogP contribution in [-0.2, 0) is 4.74 Å². The van der Waals surface area contributed by atoms with Crippen molar-refractivity contribution in [2.24, 2.45) is 0 Å². The molecule has 0 heterocycles. The molecular weight excluding hydrogens is 429 g/mol. The lowest BCUT2D eigenvalue weighted by molar-refractivity contribution is 0.131. The molecule has 0 aromatic heterocycles. The first-order chi connectivity index (χ1) is 11.9. The number of hydrogen-bond donors (Lipinski definition) is 2. The highest BCUT2D eigenvalue weighted by Gasteiger charge is 2.27. The summed E-state index contributed by atoms with van der Waals surface area (Å²) in [6.07, 6.45) is 4.28. The summed E-state index contributed by atoms with van der Waals surface area (Å²) in [6, 6.07) is 5.28. The Morgan fingerprint density at radius 1 is 1.04 bits per heavy atom. The van der Waals surface area contributed by atoms with Gasteiger partial charge in [0.15, 0.2) is 4.84 Å². The molecule has 9 heteroatoms. The van der Waals surface area contributed by atoms with Gasteiger partial charge in [0.2, 0.25) is 5.56 Å². The summed E-state index contributed by atoms with van der Waals surface area (Å²) in [5.74, 6) is 0. The molecule has 3 unspecified atom stereocenters. The van der Waals surface area contributed by atoms with Crippen molar-refractivity contribution in [3.8, 4) is 0 Å². The van der Waals surface area contributed by atoms with E-state index >= 15 is 0 Å². The largest absolute Gasteiger partial charge is 0.427 e. The molecule has 1 amide bonds. The molecule has 2 rings (SSSR count). The minimum Gasteiger partial charge on any atom is -0.427 e. The third kappa shape index (κ3) is 6.76. The van der Waals surface area contributed by atoms with Gasteiger partial charge in [-0.3, -0.25) is 0 Å². The van der Waals surface area contributed by atoms with Gasteiger partial charge in [0.25, 0.3) is 0 Å². The summed E-state index contributed by atoms with van der Waals surface area (Å²) in [5.41, 5.74) is -0.256. The Kier molecular flexibility index (Phi) is 8.56. The van der Waals surface area contributed by atoms with Crippen molar-refractivity contribution in [1.82, 2.24) is 5.32 Å². The van der Waals surface area contributed by atoms with Crippen LogP contribution in [0.4, 0.5) is 10.5 Å². The molecule has 1 saturated carbocycles. The monoisotopic (exact) mass is 446 g/mol. The molecule has 0 bridgehead atoms. The van der Waals surface area contributed by atoms with Crippen LogP contribution in [0.15, 0.2) is 18.2 Å². The number of alkyl carbamates (subject to hydrolysis) is 1. The number of carbonyl (C=O) groups excluding carboxylic acids is 1. The average molecular weight is 449 g/mol. The zero-order chi connectivity index (χ0) is 18.4. The zero-order valence-electron chi connectivity index (χ0n) is 13.3. The van der Waals surface area contributed by atoms with E-state index in [1.54, 1.807) is 12.1 Å². The van der Waals surface area contributed by atoms with Crippen LogP contribution in [0.1, 0.15) is 32.1 Å². The van der Waals surface area contributed by atoms with Crippen LogP contribution >= 0.6 is 58.0 Å². The first-order valence-electron chi connectivity index (χ1n) is 7.98. The van der Waals surface area contributed by atoms with E-state index in [1.165, 1.54) is 0 Å². The van der Waals surface area contributed by atoms with Gasteiger partial charge in [-0.25, -0.2) is 4.79 Å². The second-order valence-corrected chi connectivity index (χ2v) is 8.27. The fourth-order valence-electron chi connectivity index (χ4n) is 2.79. The lowest BCUT2D eigenvalue weighted by Gasteiger charge is -2.28. The smallest absolute Gasteiger partial charge is 0.409 e. The molecule has 25 heavy (non-hydrogen) atoms. The van der Waals surface area contributed by atoms with E-state index in [2.05, 4.69) is 10.6 Å². The molecule has 1 fully saturated rings. The molecule has 0 aliphatic heterocycles. The van der Waals surface area contributed by atoms with E-state index in [1.807, 2.05) is 6.07 Å². The quantitative estimate of drug-likeness (QED) is 0.416. The van der Waals surface area contributed by atoms with Crippen LogP contribution in [0.25, 0.3) is 0 Å². The summed E-state index contributed by atoms with van der Waals surface area (Å²) >= 11 is 29.0. The van der Waals surface area contributed by atoms with Crippen molar-refractivity contribution in [3.63, 3.8) is 0 Å². The highest BCUT2D eigenvalue weighted by Crippen LogP contribution is 2.28. The van der Waals surface area contributed by atoms with Crippen LogP contribution in [0.5, 0.6) is 0 Å². The maximum Gasteiger partial charge on any atom is 0.409 e. The predicted molar refractivity (Wildman–Crippen MR) is 105 cm³/mol. The van der Waals surface area contributed by atoms with Crippen LogP contribution in [0.3, 0.4) is 0 Å². The maximum absolute atomic E-state index is 12.0. The molecule has 0 radical (unpaired) electrons. The Morgan fingerprint density at radius 2 is 1.72 bits per heavy atom. The number of benzene rings is 1. The highest BCUT2D eigenvalue weighted by molar-refractivity contribution is 6.48. The van der Waals surface area contributed by atoms with Gasteiger partial charge in [0, 0.05) is 11.7 Å². The molecule has 1 aromatic carbocycles. The molecule has 4 nitrogen and oxygen atoms in total. The van der Waals surface area contributed by atoms with E-state index in [-0.39, 0.29) is 12.1 Å². The minimum absolute atomic E-state index is 0.0314. The second kappa shape index (κ2) is 10.2. The molecule has 0 saturated heterocycles. The fourth-order valence-corrected chi connectivity index (χ4v) is 3.27. The van der Waals surface area contributed by atoms with Gasteiger partial charge >= 0.3 is 6.09 Å². The Bertz CT molecular complexity index is 588. The topological polar surface area (TPSA) is 50.4 Å². The maximum atomic E-state index is 12.0. The minimum atomic E-state index is -1.10. The van der Waals surface area contributed by atoms with Gasteiger partial charge in [0.1, 0.15) is 0 Å². The molecule has 0 spiro atoms. The Labute approximate surface area is 172 Å². The number of ether oxygens (including phenoxy) is 1. The Morgan fingerprint density at radius 3 is 2.36 bits per heavy atom. The normalized spacial score (nSPS) is 22.2. The molecular formula is C16H19Cl5N2O2. The van der Waals surface area contributed by atoms with Crippen LogP contribution in [0, 0.1) is 0 Å². The molecule has 3 atom stereocenters. The number of nitrogens with one attached hydrogen (secondary N) is 2. The number of anilines is 1.